The molecule has 1 aliphatic heterocycles. The maximum absolute atomic E-state index is 10.7. The number of rotatable bonds is 2. The quantitative estimate of drug-likeness (QED) is 0.805. The summed E-state index contributed by atoms with van der Waals surface area (Å²) in [4.78, 5) is 10.7. The van der Waals surface area contributed by atoms with Crippen LogP contribution in [0.3, 0.4) is 0 Å². The molecule has 2 rings (SSSR count). The molecule has 0 fully saturated rings. The van der Waals surface area contributed by atoms with Crippen molar-refractivity contribution < 1.29 is 19.4 Å². The first-order valence-corrected chi connectivity index (χ1v) is 4.97. The second kappa shape index (κ2) is 3.92. The standard InChI is InChI=1S/C11H13NO4/c1-6-3-8-9(12-11(13)14)4-7(15-2)5-10(8)16-6/h4-6,12H,3H2,1-2H3,(H,13,14). The van der Waals surface area contributed by atoms with Crippen molar-refractivity contribution in [2.24, 2.45) is 0 Å². The molecule has 1 atom stereocenters. The monoisotopic (exact) mass is 223 g/mol. The lowest BCUT2D eigenvalue weighted by atomic mass is 10.1. The molecule has 5 heteroatoms. The first-order valence-electron chi connectivity index (χ1n) is 4.97. The van der Waals surface area contributed by atoms with Gasteiger partial charge in [-0.15, -0.1) is 0 Å². The van der Waals surface area contributed by atoms with Crippen molar-refractivity contribution in [3.63, 3.8) is 0 Å². The van der Waals surface area contributed by atoms with E-state index < -0.39 is 6.09 Å². The molecule has 0 aliphatic carbocycles. The number of carbonyl (C=O) groups is 1. The molecule has 2 N–H and O–H groups in total. The van der Waals surface area contributed by atoms with Gasteiger partial charge in [0, 0.05) is 24.1 Å². The van der Waals surface area contributed by atoms with Gasteiger partial charge in [-0.1, -0.05) is 0 Å². The normalized spacial score (nSPS) is 17.5. The number of hydrogen-bond acceptors (Lipinski definition) is 3. The summed E-state index contributed by atoms with van der Waals surface area (Å²) in [6, 6.07) is 3.43. The van der Waals surface area contributed by atoms with E-state index >= 15 is 0 Å². The van der Waals surface area contributed by atoms with E-state index in [1.165, 1.54) is 7.11 Å². The zero-order chi connectivity index (χ0) is 11.7. The van der Waals surface area contributed by atoms with Crippen molar-refractivity contribution in [3.05, 3.63) is 17.7 Å². The van der Waals surface area contributed by atoms with Crippen LogP contribution in [0.5, 0.6) is 11.5 Å². The van der Waals surface area contributed by atoms with Gasteiger partial charge in [0.05, 0.1) is 12.8 Å². The highest BCUT2D eigenvalue weighted by Crippen LogP contribution is 2.38. The molecule has 1 aromatic rings. The van der Waals surface area contributed by atoms with Crippen molar-refractivity contribution in [1.29, 1.82) is 0 Å². The third-order valence-corrected chi connectivity index (χ3v) is 2.48. The SMILES string of the molecule is COc1cc(NC(=O)O)c2c(c1)OC(C)C2. The summed E-state index contributed by atoms with van der Waals surface area (Å²) < 4.78 is 10.6. The number of carboxylic acid groups (broad SMARTS) is 1. The number of amides is 1. The number of hydrogen-bond donors (Lipinski definition) is 2. The summed E-state index contributed by atoms with van der Waals surface area (Å²) in [5, 5.41) is 11.1. The Morgan fingerprint density at radius 1 is 1.62 bits per heavy atom. The topological polar surface area (TPSA) is 67.8 Å². The minimum Gasteiger partial charge on any atom is -0.497 e. The molecule has 5 nitrogen and oxygen atoms in total. The Bertz CT molecular complexity index is 430. The summed E-state index contributed by atoms with van der Waals surface area (Å²) in [6.45, 7) is 1.94. The van der Waals surface area contributed by atoms with E-state index in [4.69, 9.17) is 14.6 Å². The van der Waals surface area contributed by atoms with Gasteiger partial charge in [-0.3, -0.25) is 5.32 Å². The fraction of sp³-hybridized carbons (Fsp3) is 0.364. The maximum atomic E-state index is 10.7. The van der Waals surface area contributed by atoms with Gasteiger partial charge in [0.25, 0.3) is 0 Å². The molecular weight excluding hydrogens is 210 g/mol. The van der Waals surface area contributed by atoms with Crippen molar-refractivity contribution in [2.45, 2.75) is 19.4 Å². The van der Waals surface area contributed by atoms with Crippen LogP contribution in [0.15, 0.2) is 12.1 Å². The minimum absolute atomic E-state index is 0.0662. The van der Waals surface area contributed by atoms with Gasteiger partial charge < -0.3 is 14.6 Å². The first kappa shape index (κ1) is 10.6. The average Bonchev–Trinajstić information content (AvgIpc) is 2.57. The van der Waals surface area contributed by atoms with Gasteiger partial charge >= 0.3 is 6.09 Å². The van der Waals surface area contributed by atoms with Gasteiger partial charge in [0.15, 0.2) is 0 Å². The predicted molar refractivity (Wildman–Crippen MR) is 58.4 cm³/mol. The summed E-state index contributed by atoms with van der Waals surface area (Å²) in [7, 11) is 1.53. The third kappa shape index (κ3) is 1.88. The van der Waals surface area contributed by atoms with E-state index in [0.29, 0.717) is 23.6 Å². The van der Waals surface area contributed by atoms with E-state index in [2.05, 4.69) is 5.32 Å². The van der Waals surface area contributed by atoms with E-state index in [1.807, 2.05) is 6.92 Å². The largest absolute Gasteiger partial charge is 0.497 e. The average molecular weight is 223 g/mol. The number of fused-ring (bicyclic) bond motifs is 1. The van der Waals surface area contributed by atoms with Crippen molar-refractivity contribution in [3.8, 4) is 11.5 Å². The second-order valence-corrected chi connectivity index (χ2v) is 3.71. The molecule has 1 aliphatic rings. The number of ether oxygens (including phenoxy) is 2. The minimum atomic E-state index is -1.09. The molecule has 0 radical (unpaired) electrons. The lowest BCUT2D eigenvalue weighted by Crippen LogP contribution is -2.09. The second-order valence-electron chi connectivity index (χ2n) is 3.71. The molecule has 1 unspecified atom stereocenters. The number of nitrogens with one attached hydrogen (secondary N) is 1. The first-order chi connectivity index (χ1) is 7.60. The number of methoxy groups -OCH3 is 1. The van der Waals surface area contributed by atoms with Crippen LogP contribution in [-0.2, 0) is 6.42 Å². The van der Waals surface area contributed by atoms with Crippen LogP contribution in [0.1, 0.15) is 12.5 Å². The van der Waals surface area contributed by atoms with Crippen LogP contribution in [-0.4, -0.2) is 24.4 Å². The van der Waals surface area contributed by atoms with Crippen LogP contribution in [0.4, 0.5) is 10.5 Å². The highest BCUT2D eigenvalue weighted by Gasteiger charge is 2.24. The van der Waals surface area contributed by atoms with Crippen LogP contribution in [0.2, 0.25) is 0 Å². The zero-order valence-corrected chi connectivity index (χ0v) is 9.11. The van der Waals surface area contributed by atoms with Gasteiger partial charge in [0.2, 0.25) is 0 Å². The highest BCUT2D eigenvalue weighted by atomic mass is 16.5. The molecular formula is C11H13NO4. The molecule has 0 saturated carbocycles. The fourth-order valence-electron chi connectivity index (χ4n) is 1.83. The highest BCUT2D eigenvalue weighted by molar-refractivity contribution is 5.85. The molecule has 0 spiro atoms. The smallest absolute Gasteiger partial charge is 0.409 e. The molecule has 16 heavy (non-hydrogen) atoms. The lowest BCUT2D eigenvalue weighted by Gasteiger charge is -2.09. The van der Waals surface area contributed by atoms with Gasteiger partial charge in [-0.25, -0.2) is 4.79 Å². The molecule has 0 bridgehead atoms. The van der Waals surface area contributed by atoms with E-state index in [1.54, 1.807) is 12.1 Å². The molecule has 86 valence electrons. The van der Waals surface area contributed by atoms with Crippen molar-refractivity contribution in [1.82, 2.24) is 0 Å². The molecule has 1 heterocycles. The maximum Gasteiger partial charge on any atom is 0.409 e. The Hall–Kier alpha value is -1.91. The van der Waals surface area contributed by atoms with Crippen LogP contribution >= 0.6 is 0 Å². The van der Waals surface area contributed by atoms with Crippen LogP contribution in [0.25, 0.3) is 0 Å². The number of anilines is 1. The molecule has 0 aromatic heterocycles. The Balaban J connectivity index is 2.42. The van der Waals surface area contributed by atoms with Gasteiger partial charge in [-0.2, -0.15) is 0 Å². The van der Waals surface area contributed by atoms with Crippen molar-refractivity contribution in [2.75, 3.05) is 12.4 Å². The summed E-state index contributed by atoms with van der Waals surface area (Å²) >= 11 is 0. The Kier molecular flexibility index (Phi) is 2.60. The predicted octanol–water partition coefficient (Wildman–Crippen LogP) is 2.11. The third-order valence-electron chi connectivity index (χ3n) is 2.48. The summed E-state index contributed by atoms with van der Waals surface area (Å²) in [6.07, 6.45) is -0.318. The zero-order valence-electron chi connectivity index (χ0n) is 9.11. The van der Waals surface area contributed by atoms with E-state index in [-0.39, 0.29) is 6.10 Å². The summed E-state index contributed by atoms with van der Waals surface area (Å²) in [5.41, 5.74) is 1.42. The Morgan fingerprint density at radius 2 is 2.38 bits per heavy atom. The van der Waals surface area contributed by atoms with Gasteiger partial charge in [0.1, 0.15) is 17.6 Å². The fourth-order valence-corrected chi connectivity index (χ4v) is 1.83. The van der Waals surface area contributed by atoms with Crippen LogP contribution in [0, 0.1) is 0 Å². The Morgan fingerprint density at radius 3 is 3.00 bits per heavy atom. The molecule has 1 aromatic carbocycles. The van der Waals surface area contributed by atoms with Gasteiger partial charge in [-0.05, 0) is 6.92 Å². The van der Waals surface area contributed by atoms with E-state index in [9.17, 15) is 4.79 Å². The van der Waals surface area contributed by atoms with Crippen LogP contribution < -0.4 is 14.8 Å². The molecule has 1 amide bonds. The van der Waals surface area contributed by atoms with Crippen molar-refractivity contribution >= 4 is 11.8 Å². The van der Waals surface area contributed by atoms with E-state index in [0.717, 1.165) is 5.56 Å². The molecule has 0 saturated heterocycles. The summed E-state index contributed by atoms with van der Waals surface area (Å²) in [5.74, 6) is 1.27. The lowest BCUT2D eigenvalue weighted by molar-refractivity contribution is 0.209. The Labute approximate surface area is 93.0 Å². The number of benzene rings is 1.